The summed E-state index contributed by atoms with van der Waals surface area (Å²) in [6.45, 7) is 8.69. The molecule has 268 valence electrons. The van der Waals surface area contributed by atoms with E-state index < -0.39 is 0 Å². The van der Waals surface area contributed by atoms with Crippen LogP contribution in [0.2, 0.25) is 0 Å². The Bertz CT molecular complexity index is 2910. The lowest BCUT2D eigenvalue weighted by atomic mass is 10.0. The topological polar surface area (TPSA) is 77.0 Å². The molecule has 0 atom stereocenters. The second-order valence-electron chi connectivity index (χ2n) is 13.4. The van der Waals surface area contributed by atoms with Crippen LogP contribution in [0.15, 0.2) is 176 Å². The third-order valence-corrected chi connectivity index (χ3v) is 12.1. The Balaban J connectivity index is 1.13. The van der Waals surface area contributed by atoms with Crippen molar-refractivity contribution in [2.24, 2.45) is 10.7 Å². The lowest BCUT2D eigenvalue weighted by molar-refractivity contribution is 1.07. The molecule has 0 saturated heterocycles. The van der Waals surface area contributed by atoms with Crippen molar-refractivity contribution in [2.45, 2.75) is 6.42 Å². The summed E-state index contributed by atoms with van der Waals surface area (Å²) in [5.74, 6) is 2.14. The summed E-state index contributed by atoms with van der Waals surface area (Å²) in [6.07, 6.45) is 2.63. The maximum atomic E-state index is 6.93. The summed E-state index contributed by atoms with van der Waals surface area (Å²) in [4.78, 5) is 22.3. The highest BCUT2D eigenvalue weighted by molar-refractivity contribution is 7.20. The molecule has 6 aromatic carbocycles. The summed E-state index contributed by atoms with van der Waals surface area (Å²) >= 11 is 3.40. The fourth-order valence-corrected chi connectivity index (χ4v) is 9.17. The molecule has 2 N–H and O–H groups in total. The van der Waals surface area contributed by atoms with Crippen molar-refractivity contribution < 1.29 is 0 Å². The van der Waals surface area contributed by atoms with Gasteiger partial charge in [-0.1, -0.05) is 153 Å². The first-order valence-corrected chi connectivity index (χ1v) is 19.9. The summed E-state index contributed by atoms with van der Waals surface area (Å²) in [6, 6.07) is 53.8. The largest absolute Gasteiger partial charge is 0.383 e. The lowest BCUT2D eigenvalue weighted by Crippen LogP contribution is -2.13. The number of rotatable bonds is 10. The van der Waals surface area contributed by atoms with E-state index in [2.05, 4.69) is 110 Å². The first-order chi connectivity index (χ1) is 27.5. The Morgan fingerprint density at radius 3 is 1.77 bits per heavy atom. The molecule has 0 radical (unpaired) electrons. The first-order valence-electron chi connectivity index (χ1n) is 18.3. The number of fused-ring (bicyclic) bond motifs is 2. The minimum absolute atomic E-state index is 0.365. The summed E-state index contributed by atoms with van der Waals surface area (Å²) in [7, 11) is 0. The lowest BCUT2D eigenvalue weighted by Gasteiger charge is -2.10. The molecule has 0 bridgehead atoms. The minimum Gasteiger partial charge on any atom is -0.383 e. The molecule has 0 saturated carbocycles. The zero-order valence-electron chi connectivity index (χ0n) is 30.4. The second kappa shape index (κ2) is 15.1. The van der Waals surface area contributed by atoms with E-state index in [0.717, 1.165) is 70.7 Å². The number of nitrogens with zero attached hydrogens (tertiary/aromatic N) is 4. The number of aliphatic imine (C=N–C) groups is 1. The van der Waals surface area contributed by atoms with Gasteiger partial charge in [-0.05, 0) is 41.0 Å². The van der Waals surface area contributed by atoms with E-state index in [4.69, 9.17) is 25.7 Å². The summed E-state index contributed by atoms with van der Waals surface area (Å²) < 4.78 is 2.25. The molecule has 0 aliphatic rings. The van der Waals surface area contributed by atoms with Gasteiger partial charge in [0.15, 0.2) is 17.5 Å². The van der Waals surface area contributed by atoms with Gasteiger partial charge in [-0.15, -0.1) is 22.7 Å². The fourth-order valence-electron chi connectivity index (χ4n) is 6.93. The average molecular weight is 758 g/mol. The van der Waals surface area contributed by atoms with Crippen LogP contribution in [0.1, 0.15) is 20.9 Å². The summed E-state index contributed by atoms with van der Waals surface area (Å²) in [5, 5.41) is 2.07. The molecule has 9 rings (SSSR count). The number of amidine groups is 1. The van der Waals surface area contributed by atoms with Crippen molar-refractivity contribution in [1.82, 2.24) is 15.0 Å². The van der Waals surface area contributed by atoms with Gasteiger partial charge in [0, 0.05) is 64.2 Å². The third kappa shape index (κ3) is 6.86. The molecule has 0 aliphatic carbocycles. The number of hydrogen-bond donors (Lipinski definition) is 1. The molecule has 0 fully saturated rings. The molecule has 0 amide bonds. The molecule has 3 heterocycles. The molecule has 0 aliphatic heterocycles. The van der Waals surface area contributed by atoms with Crippen LogP contribution in [0.3, 0.4) is 0 Å². The van der Waals surface area contributed by atoms with Crippen LogP contribution >= 0.6 is 22.7 Å². The van der Waals surface area contributed by atoms with E-state index >= 15 is 0 Å². The van der Waals surface area contributed by atoms with E-state index in [0.29, 0.717) is 28.9 Å². The summed E-state index contributed by atoms with van der Waals surface area (Å²) in [5.41, 5.74) is 15.5. The number of nitrogens with two attached hydrogens (primary N) is 1. The zero-order chi connectivity index (χ0) is 38.0. The standard InChI is InChI=1S/C49H35N5S2/c1-3-40-44(31(2)46(50)51-45-38-21-13-14-22-41(38)56-43(45)29-32-15-7-4-8-16-32)39-30-37(27-28-42(39)55-40)49-53-47(35-19-11-6-12-20-35)52-48(54-49)36-25-23-34(24-26-36)33-17-9-5-10-18-33/h3-28,30H,1-2,29H2,(H2,50,51). The van der Waals surface area contributed by atoms with Crippen LogP contribution < -0.4 is 5.73 Å². The van der Waals surface area contributed by atoms with Crippen LogP contribution in [0.4, 0.5) is 5.69 Å². The van der Waals surface area contributed by atoms with Gasteiger partial charge in [-0.3, -0.25) is 0 Å². The highest BCUT2D eigenvalue weighted by Gasteiger charge is 2.20. The predicted octanol–water partition coefficient (Wildman–Crippen LogP) is 12.9. The second-order valence-corrected chi connectivity index (χ2v) is 15.6. The van der Waals surface area contributed by atoms with Gasteiger partial charge < -0.3 is 5.73 Å². The highest BCUT2D eigenvalue weighted by Crippen LogP contribution is 2.42. The van der Waals surface area contributed by atoms with Crippen LogP contribution in [0, 0.1) is 0 Å². The normalized spacial score (nSPS) is 11.6. The Hall–Kier alpha value is -6.80. The molecular formula is C49H35N5S2. The van der Waals surface area contributed by atoms with E-state index in [9.17, 15) is 0 Å². The van der Waals surface area contributed by atoms with Gasteiger partial charge in [0.25, 0.3) is 0 Å². The van der Waals surface area contributed by atoms with Gasteiger partial charge in [0.05, 0.1) is 5.69 Å². The smallest absolute Gasteiger partial charge is 0.164 e. The van der Waals surface area contributed by atoms with Gasteiger partial charge >= 0.3 is 0 Å². The Labute approximate surface area is 333 Å². The number of hydrogen-bond acceptors (Lipinski definition) is 6. The van der Waals surface area contributed by atoms with Crippen LogP contribution in [0.5, 0.6) is 0 Å². The number of benzene rings is 6. The molecule has 3 aromatic heterocycles. The zero-order valence-corrected chi connectivity index (χ0v) is 32.0. The Morgan fingerprint density at radius 1 is 0.571 bits per heavy atom. The third-order valence-electron chi connectivity index (χ3n) is 9.77. The van der Waals surface area contributed by atoms with Crippen LogP contribution in [-0.2, 0) is 6.42 Å². The van der Waals surface area contributed by atoms with E-state index in [-0.39, 0.29) is 0 Å². The van der Waals surface area contributed by atoms with Crippen molar-refractivity contribution in [3.8, 4) is 45.3 Å². The van der Waals surface area contributed by atoms with E-state index in [1.165, 1.54) is 10.3 Å². The van der Waals surface area contributed by atoms with Gasteiger partial charge in [0.1, 0.15) is 5.84 Å². The highest BCUT2D eigenvalue weighted by atomic mass is 32.1. The van der Waals surface area contributed by atoms with Crippen molar-refractivity contribution in [2.75, 3.05) is 0 Å². The van der Waals surface area contributed by atoms with Gasteiger partial charge in [-0.25, -0.2) is 19.9 Å². The minimum atomic E-state index is 0.365. The van der Waals surface area contributed by atoms with E-state index in [1.807, 2.05) is 66.7 Å². The van der Waals surface area contributed by atoms with Crippen molar-refractivity contribution >= 4 is 66.0 Å². The quantitative estimate of drug-likeness (QED) is 0.111. The molecule has 9 aromatic rings. The maximum Gasteiger partial charge on any atom is 0.164 e. The number of thiophene rings is 2. The molecule has 7 heteroatoms. The Kier molecular flexibility index (Phi) is 9.45. The molecule has 0 spiro atoms. The van der Waals surface area contributed by atoms with Gasteiger partial charge in [-0.2, -0.15) is 0 Å². The SMILES string of the molecule is C=Cc1sc2ccc(-c3nc(-c4ccccc4)nc(-c4ccc(-c5ccccc5)cc4)n3)cc2c1C(=C)C(N)=Nc1c(Cc2ccccc2)sc2ccccc12. The molecule has 56 heavy (non-hydrogen) atoms. The van der Waals surface area contributed by atoms with Crippen LogP contribution in [0.25, 0.3) is 77.1 Å². The average Bonchev–Trinajstić information content (AvgIpc) is 3.81. The predicted molar refractivity (Wildman–Crippen MR) is 238 cm³/mol. The molecule has 0 unspecified atom stereocenters. The number of aromatic nitrogens is 3. The van der Waals surface area contributed by atoms with Crippen molar-refractivity contribution in [1.29, 1.82) is 0 Å². The van der Waals surface area contributed by atoms with Crippen LogP contribution in [-0.4, -0.2) is 20.8 Å². The first kappa shape index (κ1) is 34.9. The molecule has 5 nitrogen and oxygen atoms in total. The molecular weight excluding hydrogens is 723 g/mol. The van der Waals surface area contributed by atoms with Gasteiger partial charge in [0.2, 0.25) is 0 Å². The van der Waals surface area contributed by atoms with E-state index in [1.54, 1.807) is 22.7 Å². The van der Waals surface area contributed by atoms with Crippen molar-refractivity contribution in [3.05, 3.63) is 192 Å². The monoisotopic (exact) mass is 757 g/mol. The fraction of sp³-hybridized carbons (Fsp3) is 0.0204. The van der Waals surface area contributed by atoms with Crippen molar-refractivity contribution in [3.63, 3.8) is 0 Å². The Morgan fingerprint density at radius 2 is 1.09 bits per heavy atom. The maximum absolute atomic E-state index is 6.93.